The van der Waals surface area contributed by atoms with E-state index in [1.54, 1.807) is 7.11 Å². The molecular weight excluding hydrogens is 418 g/mol. The van der Waals surface area contributed by atoms with E-state index in [4.69, 9.17) is 27.8 Å². The molecule has 1 atom stereocenters. The number of aromatic nitrogens is 4. The summed E-state index contributed by atoms with van der Waals surface area (Å²) in [6.07, 6.45) is 1.44. The molecule has 0 radical (unpaired) electrons. The number of halogens is 1. The average molecular weight is 444 g/mol. The number of hydrogen-bond acceptors (Lipinski definition) is 7. The van der Waals surface area contributed by atoms with Crippen molar-refractivity contribution in [3.8, 4) is 5.75 Å². The van der Waals surface area contributed by atoms with Gasteiger partial charge in [0.05, 0.1) is 30.8 Å². The molecule has 1 amide bonds. The van der Waals surface area contributed by atoms with Gasteiger partial charge in [-0.05, 0) is 32.4 Å². The third-order valence-electron chi connectivity index (χ3n) is 6.01. The first-order valence-electron chi connectivity index (χ1n) is 10.1. The summed E-state index contributed by atoms with van der Waals surface area (Å²) in [5.74, 6) is 1.05. The first-order valence-corrected chi connectivity index (χ1v) is 10.4. The zero-order chi connectivity index (χ0) is 22.4. The molecule has 9 nitrogen and oxygen atoms in total. The van der Waals surface area contributed by atoms with E-state index >= 15 is 0 Å². The van der Waals surface area contributed by atoms with E-state index in [1.807, 2.05) is 36.4 Å². The number of ether oxygens (including phenoxy) is 1. The Kier molecular flexibility index (Phi) is 5.49. The minimum Gasteiger partial charge on any atom is -0.496 e. The second kappa shape index (κ2) is 7.97. The maximum Gasteiger partial charge on any atom is 0.231 e. The third-order valence-corrected chi connectivity index (χ3v) is 6.40. The molecular formula is C21H26ClN7O2. The molecule has 1 aliphatic rings. The topological polar surface area (TPSA) is 125 Å². The Morgan fingerprint density at radius 1 is 1.35 bits per heavy atom. The van der Waals surface area contributed by atoms with Crippen LogP contribution >= 0.6 is 11.6 Å². The molecule has 0 saturated carbocycles. The highest BCUT2D eigenvalue weighted by atomic mass is 35.5. The lowest BCUT2D eigenvalue weighted by atomic mass is 9.85. The Morgan fingerprint density at radius 3 is 2.71 bits per heavy atom. The quantitative estimate of drug-likeness (QED) is 0.598. The number of amides is 1. The second-order valence-corrected chi connectivity index (χ2v) is 8.45. The van der Waals surface area contributed by atoms with Crippen molar-refractivity contribution < 1.29 is 9.53 Å². The summed E-state index contributed by atoms with van der Waals surface area (Å²) < 4.78 is 7.73. The molecule has 3 heterocycles. The molecule has 0 spiro atoms. The molecule has 164 valence electrons. The second-order valence-electron chi connectivity index (χ2n) is 8.04. The minimum absolute atomic E-state index is 0.202. The zero-order valence-corrected chi connectivity index (χ0v) is 18.8. The first-order chi connectivity index (χ1) is 14.7. The Balaban J connectivity index is 1.79. The molecule has 2 aromatic heterocycles. The maximum atomic E-state index is 11.2. The van der Waals surface area contributed by atoms with E-state index < -0.39 is 0 Å². The highest BCUT2D eigenvalue weighted by Gasteiger charge is 2.34. The van der Waals surface area contributed by atoms with Crippen molar-refractivity contribution in [1.82, 2.24) is 24.6 Å². The highest BCUT2D eigenvalue weighted by molar-refractivity contribution is 6.31. The van der Waals surface area contributed by atoms with Crippen LogP contribution in [0, 0.1) is 13.8 Å². The normalized spacial score (nSPS) is 15.8. The predicted octanol–water partition coefficient (Wildman–Crippen LogP) is 2.18. The summed E-state index contributed by atoms with van der Waals surface area (Å²) >= 11 is 6.66. The number of aryl methyl sites for hydroxylation is 1. The van der Waals surface area contributed by atoms with Gasteiger partial charge in [-0.15, -0.1) is 0 Å². The summed E-state index contributed by atoms with van der Waals surface area (Å²) in [5.41, 5.74) is 15.7. The van der Waals surface area contributed by atoms with E-state index in [1.165, 1.54) is 6.33 Å². The Morgan fingerprint density at radius 2 is 2.06 bits per heavy atom. The number of nitrogen functional groups attached to an aromatic ring is 1. The van der Waals surface area contributed by atoms with Crippen molar-refractivity contribution >= 4 is 34.4 Å². The lowest BCUT2D eigenvalue weighted by molar-refractivity contribution is -0.120. The van der Waals surface area contributed by atoms with Gasteiger partial charge in [-0.3, -0.25) is 9.69 Å². The number of methoxy groups -OCH3 is 1. The number of fused-ring (bicyclic) bond motifs is 1. The molecule has 10 heteroatoms. The standard InChI is InChI=1S/C21H26ClN7O2/c1-10-15(22)5-14(19(31-4)17(10)13-6-28(7-13)8-16(23)30)12(3)29-21-18(11(2)27-29)20(24)25-9-26-21/h5,9,12-13H,6-8H2,1-4H3,(H2,23,30)(H2,24,25,26). The van der Waals surface area contributed by atoms with Crippen molar-refractivity contribution in [2.24, 2.45) is 5.73 Å². The van der Waals surface area contributed by atoms with Crippen LogP contribution in [0.3, 0.4) is 0 Å². The van der Waals surface area contributed by atoms with Crippen LogP contribution in [-0.4, -0.2) is 57.3 Å². The van der Waals surface area contributed by atoms with Gasteiger partial charge in [0.2, 0.25) is 5.91 Å². The fourth-order valence-corrected chi connectivity index (χ4v) is 4.69. The fraction of sp³-hybridized carbons (Fsp3) is 0.429. The van der Waals surface area contributed by atoms with Gasteiger partial charge in [-0.1, -0.05) is 11.6 Å². The summed E-state index contributed by atoms with van der Waals surface area (Å²) in [4.78, 5) is 21.7. The van der Waals surface area contributed by atoms with E-state index in [-0.39, 0.29) is 24.4 Å². The number of primary amides is 1. The number of carbonyl (C=O) groups is 1. The Bertz CT molecular complexity index is 1170. The van der Waals surface area contributed by atoms with Crippen molar-refractivity contribution in [2.45, 2.75) is 32.7 Å². The van der Waals surface area contributed by atoms with Crippen LogP contribution in [0.15, 0.2) is 12.4 Å². The van der Waals surface area contributed by atoms with Gasteiger partial charge in [-0.25, -0.2) is 14.6 Å². The number of nitrogens with zero attached hydrogens (tertiary/aromatic N) is 5. The maximum absolute atomic E-state index is 11.2. The van der Waals surface area contributed by atoms with E-state index in [0.717, 1.165) is 46.6 Å². The summed E-state index contributed by atoms with van der Waals surface area (Å²) in [5, 5.41) is 6.09. The number of nitrogens with two attached hydrogens (primary N) is 2. The SMILES string of the molecule is COc1c(C(C)n2nc(C)c3c(N)ncnc32)cc(Cl)c(C)c1C1CN(CC(N)=O)C1. The van der Waals surface area contributed by atoms with Crippen molar-refractivity contribution in [3.05, 3.63) is 39.8 Å². The zero-order valence-electron chi connectivity index (χ0n) is 18.0. The highest BCUT2D eigenvalue weighted by Crippen LogP contribution is 2.44. The van der Waals surface area contributed by atoms with Gasteiger partial charge in [0.1, 0.15) is 17.9 Å². The Hall–Kier alpha value is -2.91. The number of anilines is 1. The van der Waals surface area contributed by atoms with Gasteiger partial charge in [0.15, 0.2) is 5.65 Å². The predicted molar refractivity (Wildman–Crippen MR) is 119 cm³/mol. The lowest BCUT2D eigenvalue weighted by Gasteiger charge is -2.40. The minimum atomic E-state index is -0.329. The fourth-order valence-electron chi connectivity index (χ4n) is 4.47. The average Bonchev–Trinajstić information content (AvgIpc) is 3.03. The van der Waals surface area contributed by atoms with Gasteiger partial charge in [0, 0.05) is 35.2 Å². The van der Waals surface area contributed by atoms with Gasteiger partial charge in [0.25, 0.3) is 0 Å². The first kappa shape index (κ1) is 21.3. The smallest absolute Gasteiger partial charge is 0.231 e. The molecule has 1 aliphatic heterocycles. The molecule has 31 heavy (non-hydrogen) atoms. The summed E-state index contributed by atoms with van der Waals surface area (Å²) in [6, 6.07) is 1.72. The van der Waals surface area contributed by atoms with Gasteiger partial charge in [-0.2, -0.15) is 5.10 Å². The van der Waals surface area contributed by atoms with Crippen molar-refractivity contribution in [1.29, 1.82) is 0 Å². The number of benzene rings is 1. The molecule has 1 fully saturated rings. The van der Waals surface area contributed by atoms with E-state index in [2.05, 4.69) is 15.1 Å². The van der Waals surface area contributed by atoms with Crippen LogP contribution in [0.1, 0.15) is 41.3 Å². The van der Waals surface area contributed by atoms with Crippen LogP contribution in [-0.2, 0) is 4.79 Å². The number of likely N-dealkylation sites (tertiary alicyclic amines) is 1. The number of hydrogen-bond donors (Lipinski definition) is 2. The van der Waals surface area contributed by atoms with E-state index in [9.17, 15) is 4.79 Å². The molecule has 1 saturated heterocycles. The summed E-state index contributed by atoms with van der Waals surface area (Å²) in [7, 11) is 1.66. The number of carbonyl (C=O) groups excluding carboxylic acids is 1. The molecule has 0 bridgehead atoms. The molecule has 1 unspecified atom stereocenters. The molecule has 3 aromatic rings. The van der Waals surface area contributed by atoms with Crippen LogP contribution in [0.25, 0.3) is 11.0 Å². The largest absolute Gasteiger partial charge is 0.496 e. The van der Waals surface area contributed by atoms with Crippen molar-refractivity contribution in [3.63, 3.8) is 0 Å². The third kappa shape index (κ3) is 3.57. The molecule has 0 aliphatic carbocycles. The van der Waals surface area contributed by atoms with Crippen LogP contribution in [0.4, 0.5) is 5.82 Å². The monoisotopic (exact) mass is 443 g/mol. The molecule has 4 N–H and O–H groups in total. The van der Waals surface area contributed by atoms with E-state index in [0.29, 0.717) is 16.5 Å². The van der Waals surface area contributed by atoms with Crippen LogP contribution in [0.2, 0.25) is 5.02 Å². The number of rotatable bonds is 6. The van der Waals surface area contributed by atoms with Crippen molar-refractivity contribution in [2.75, 3.05) is 32.5 Å². The molecule has 4 rings (SSSR count). The van der Waals surface area contributed by atoms with Crippen LogP contribution < -0.4 is 16.2 Å². The van der Waals surface area contributed by atoms with Gasteiger partial charge < -0.3 is 16.2 Å². The van der Waals surface area contributed by atoms with Crippen LogP contribution in [0.5, 0.6) is 5.75 Å². The molecule has 1 aromatic carbocycles. The lowest BCUT2D eigenvalue weighted by Crippen LogP contribution is -2.48. The summed E-state index contributed by atoms with van der Waals surface area (Å²) in [6.45, 7) is 7.60. The Labute approximate surface area is 185 Å². The van der Waals surface area contributed by atoms with Gasteiger partial charge >= 0.3 is 0 Å².